The Morgan fingerprint density at radius 2 is 2.30 bits per heavy atom. The molecule has 0 atom stereocenters. The van der Waals surface area contributed by atoms with Crippen LogP contribution in [0.5, 0.6) is 0 Å². The maximum Gasteiger partial charge on any atom is 0.324 e. The predicted octanol–water partition coefficient (Wildman–Crippen LogP) is 3.87. The quantitative estimate of drug-likeness (QED) is 0.912. The average molecular weight is 289 g/mol. The lowest BCUT2D eigenvalue weighted by molar-refractivity contribution is 0.0611. The topological polar surface area (TPSA) is 45.2 Å². The summed E-state index contributed by atoms with van der Waals surface area (Å²) in [5.74, 6) is 0. The Morgan fingerprint density at radius 1 is 1.50 bits per heavy atom. The Hall–Kier alpha value is -1.62. The molecule has 0 spiro atoms. The number of fused-ring (bicyclic) bond motifs is 1. The van der Waals surface area contributed by atoms with Gasteiger partial charge in [-0.15, -0.1) is 0 Å². The Bertz CT molecular complexity index is 662. The van der Waals surface area contributed by atoms with Crippen LogP contribution in [0.3, 0.4) is 0 Å². The second kappa shape index (κ2) is 4.74. The van der Waals surface area contributed by atoms with Crippen LogP contribution < -0.4 is 5.32 Å². The first kappa shape index (κ1) is 13.4. The van der Waals surface area contributed by atoms with Crippen LogP contribution in [0.25, 0.3) is 10.2 Å². The second-order valence-corrected chi connectivity index (χ2v) is 6.85. The molecular formula is C15H19N3OS. The zero-order chi connectivity index (χ0) is 14.3. The number of thiazole rings is 1. The van der Waals surface area contributed by atoms with Gasteiger partial charge in [-0.2, -0.15) is 0 Å². The number of likely N-dealkylation sites (tertiary alicyclic amines) is 1. The van der Waals surface area contributed by atoms with E-state index in [1.54, 1.807) is 0 Å². The minimum atomic E-state index is -0.0454. The molecule has 1 aromatic carbocycles. The van der Waals surface area contributed by atoms with E-state index >= 15 is 0 Å². The fraction of sp³-hybridized carbons (Fsp3) is 0.467. The average Bonchev–Trinajstić information content (AvgIpc) is 2.78. The summed E-state index contributed by atoms with van der Waals surface area (Å²) in [6.45, 7) is 7.13. The van der Waals surface area contributed by atoms with E-state index in [0.717, 1.165) is 29.6 Å². The predicted molar refractivity (Wildman–Crippen MR) is 83.4 cm³/mol. The van der Waals surface area contributed by atoms with E-state index in [9.17, 15) is 4.79 Å². The summed E-state index contributed by atoms with van der Waals surface area (Å²) in [6, 6.07) is 6.21. The highest BCUT2D eigenvalue weighted by Gasteiger charge is 2.39. The van der Waals surface area contributed by atoms with E-state index in [1.165, 1.54) is 16.9 Å². The molecule has 2 heterocycles. The number of urea groups is 1. The molecule has 106 valence electrons. The first-order valence-corrected chi connectivity index (χ1v) is 7.79. The molecule has 1 N–H and O–H groups in total. The minimum Gasteiger partial charge on any atom is -0.319 e. The molecule has 5 heteroatoms. The number of anilines is 1. The van der Waals surface area contributed by atoms with Crippen LogP contribution in [0.2, 0.25) is 0 Å². The summed E-state index contributed by atoms with van der Waals surface area (Å²) in [5, 5.41) is 3.60. The van der Waals surface area contributed by atoms with Crippen LogP contribution in [0.15, 0.2) is 18.2 Å². The van der Waals surface area contributed by atoms with Gasteiger partial charge in [0.1, 0.15) is 0 Å². The van der Waals surface area contributed by atoms with E-state index in [0.29, 0.717) is 5.13 Å². The molecule has 0 unspecified atom stereocenters. The molecule has 0 saturated carbocycles. The van der Waals surface area contributed by atoms with Crippen LogP contribution in [-0.4, -0.2) is 28.0 Å². The molecule has 1 aliphatic rings. The van der Waals surface area contributed by atoms with Crippen molar-refractivity contribution in [2.45, 2.75) is 39.2 Å². The van der Waals surface area contributed by atoms with Gasteiger partial charge in [0.25, 0.3) is 0 Å². The van der Waals surface area contributed by atoms with Crippen molar-refractivity contribution in [3.05, 3.63) is 23.8 Å². The third-order valence-electron chi connectivity index (χ3n) is 4.00. The van der Waals surface area contributed by atoms with E-state index in [2.05, 4.69) is 43.2 Å². The van der Waals surface area contributed by atoms with Gasteiger partial charge in [-0.05, 0) is 44.4 Å². The van der Waals surface area contributed by atoms with Crippen LogP contribution in [0.4, 0.5) is 9.93 Å². The highest BCUT2D eigenvalue weighted by molar-refractivity contribution is 7.22. The summed E-state index contributed by atoms with van der Waals surface area (Å²) in [7, 11) is 0. The third kappa shape index (κ3) is 2.26. The zero-order valence-electron chi connectivity index (χ0n) is 12.1. The standard InChI is InChI=1S/C15H19N3OS/c1-4-10-5-6-11-12(9-10)20-13(16-11)17-14(19)18-8-7-15(18,2)3/h5-6,9H,4,7-8H2,1-3H3,(H,16,17,19). The van der Waals surface area contributed by atoms with Crippen molar-refractivity contribution in [2.75, 3.05) is 11.9 Å². The van der Waals surface area contributed by atoms with Gasteiger partial charge in [0, 0.05) is 12.1 Å². The maximum absolute atomic E-state index is 12.2. The molecule has 1 saturated heterocycles. The van der Waals surface area contributed by atoms with Crippen molar-refractivity contribution in [3.63, 3.8) is 0 Å². The Labute approximate surface area is 122 Å². The van der Waals surface area contributed by atoms with Crippen LogP contribution in [-0.2, 0) is 6.42 Å². The highest BCUT2D eigenvalue weighted by Crippen LogP contribution is 2.31. The molecule has 2 aromatic rings. The highest BCUT2D eigenvalue weighted by atomic mass is 32.1. The largest absolute Gasteiger partial charge is 0.324 e. The lowest BCUT2D eigenvalue weighted by Crippen LogP contribution is -2.59. The van der Waals surface area contributed by atoms with Crippen molar-refractivity contribution in [1.82, 2.24) is 9.88 Å². The molecule has 1 aliphatic heterocycles. The Kier molecular flexibility index (Phi) is 3.17. The van der Waals surface area contributed by atoms with Crippen molar-refractivity contribution < 1.29 is 4.79 Å². The van der Waals surface area contributed by atoms with Gasteiger partial charge >= 0.3 is 6.03 Å². The Balaban J connectivity index is 1.79. The number of aromatic nitrogens is 1. The number of hydrogen-bond acceptors (Lipinski definition) is 3. The first-order chi connectivity index (χ1) is 9.49. The van der Waals surface area contributed by atoms with Crippen molar-refractivity contribution in [2.24, 2.45) is 0 Å². The fourth-order valence-corrected chi connectivity index (χ4v) is 3.37. The lowest BCUT2D eigenvalue weighted by atomic mass is 9.90. The molecule has 1 fully saturated rings. The lowest BCUT2D eigenvalue weighted by Gasteiger charge is -2.47. The number of hydrogen-bond donors (Lipinski definition) is 1. The number of nitrogens with zero attached hydrogens (tertiary/aromatic N) is 2. The fourth-order valence-electron chi connectivity index (χ4n) is 2.45. The number of aryl methyl sites for hydroxylation is 1. The maximum atomic E-state index is 12.2. The number of benzene rings is 1. The third-order valence-corrected chi connectivity index (χ3v) is 4.93. The molecule has 4 nitrogen and oxygen atoms in total. The smallest absolute Gasteiger partial charge is 0.319 e. The first-order valence-electron chi connectivity index (χ1n) is 6.98. The molecule has 1 aromatic heterocycles. The van der Waals surface area contributed by atoms with Crippen LogP contribution in [0, 0.1) is 0 Å². The summed E-state index contributed by atoms with van der Waals surface area (Å²) in [6.07, 6.45) is 2.07. The SMILES string of the molecule is CCc1ccc2nc(NC(=O)N3CCC3(C)C)sc2c1. The van der Waals surface area contributed by atoms with Gasteiger partial charge in [0.05, 0.1) is 10.2 Å². The van der Waals surface area contributed by atoms with E-state index < -0.39 is 0 Å². The number of carbonyl (C=O) groups excluding carboxylic acids is 1. The zero-order valence-corrected chi connectivity index (χ0v) is 12.9. The molecule has 3 rings (SSSR count). The van der Waals surface area contributed by atoms with Crippen LogP contribution in [0.1, 0.15) is 32.8 Å². The van der Waals surface area contributed by atoms with Crippen molar-refractivity contribution in [1.29, 1.82) is 0 Å². The van der Waals surface area contributed by atoms with Crippen molar-refractivity contribution >= 4 is 32.7 Å². The van der Waals surface area contributed by atoms with Crippen LogP contribution >= 0.6 is 11.3 Å². The monoisotopic (exact) mass is 289 g/mol. The van der Waals surface area contributed by atoms with E-state index in [4.69, 9.17) is 0 Å². The molecule has 0 radical (unpaired) electrons. The van der Waals surface area contributed by atoms with Gasteiger partial charge in [0.15, 0.2) is 5.13 Å². The number of carbonyl (C=O) groups is 1. The van der Waals surface area contributed by atoms with Crippen molar-refractivity contribution in [3.8, 4) is 0 Å². The van der Waals surface area contributed by atoms with Gasteiger partial charge in [-0.1, -0.05) is 24.3 Å². The molecular weight excluding hydrogens is 270 g/mol. The number of rotatable bonds is 2. The molecule has 2 amide bonds. The normalized spacial score (nSPS) is 17.1. The second-order valence-electron chi connectivity index (χ2n) is 5.82. The number of nitrogens with one attached hydrogen (secondary N) is 1. The van der Waals surface area contributed by atoms with E-state index in [-0.39, 0.29) is 11.6 Å². The van der Waals surface area contributed by atoms with Gasteiger partial charge in [-0.25, -0.2) is 9.78 Å². The summed E-state index contributed by atoms with van der Waals surface area (Å²) in [4.78, 5) is 18.5. The summed E-state index contributed by atoms with van der Waals surface area (Å²) >= 11 is 1.54. The summed E-state index contributed by atoms with van der Waals surface area (Å²) in [5.41, 5.74) is 2.21. The summed E-state index contributed by atoms with van der Waals surface area (Å²) < 4.78 is 1.13. The number of amides is 2. The minimum absolute atomic E-state index is 0.0316. The Morgan fingerprint density at radius 3 is 2.90 bits per heavy atom. The molecule has 0 aliphatic carbocycles. The van der Waals surface area contributed by atoms with Gasteiger partial charge in [-0.3, -0.25) is 5.32 Å². The van der Waals surface area contributed by atoms with Gasteiger partial charge in [0.2, 0.25) is 0 Å². The molecule has 20 heavy (non-hydrogen) atoms. The van der Waals surface area contributed by atoms with E-state index in [1.807, 2.05) is 11.0 Å². The molecule has 0 bridgehead atoms. The van der Waals surface area contributed by atoms with Gasteiger partial charge < -0.3 is 4.90 Å².